The molecule has 0 aliphatic carbocycles. The molecule has 1 heterocycles. The lowest BCUT2D eigenvalue weighted by atomic mass is 9.80. The highest BCUT2D eigenvalue weighted by Gasteiger charge is 2.40. The van der Waals surface area contributed by atoms with Crippen LogP contribution in [-0.2, 0) is 21.6 Å². The monoisotopic (exact) mass is 323 g/mol. The molecule has 126 valence electrons. The van der Waals surface area contributed by atoms with Crippen molar-refractivity contribution in [1.29, 1.82) is 0 Å². The molecule has 3 rings (SSSR count). The van der Waals surface area contributed by atoms with Crippen LogP contribution in [0, 0.1) is 0 Å². The van der Waals surface area contributed by atoms with Crippen LogP contribution in [0.4, 0.5) is 0 Å². The average molecular weight is 323 g/mol. The molecule has 0 radical (unpaired) electrons. The van der Waals surface area contributed by atoms with Crippen LogP contribution in [0.1, 0.15) is 37.3 Å². The quantitative estimate of drug-likeness (QED) is 0.850. The molecule has 2 aromatic carbocycles. The number of ether oxygens (including phenoxy) is 1. The number of aryl methyl sites for hydroxylation is 1. The van der Waals surface area contributed by atoms with Gasteiger partial charge in [0.25, 0.3) is 0 Å². The molecule has 2 unspecified atom stereocenters. The number of hydrogen-bond acceptors (Lipinski definition) is 3. The number of esters is 1. The van der Waals surface area contributed by atoms with Crippen molar-refractivity contribution in [3.05, 3.63) is 71.8 Å². The fourth-order valence-corrected chi connectivity index (χ4v) is 3.67. The smallest absolute Gasteiger partial charge is 0.303 e. The first kappa shape index (κ1) is 16.7. The van der Waals surface area contributed by atoms with Gasteiger partial charge in [0.2, 0.25) is 0 Å². The van der Waals surface area contributed by atoms with Crippen molar-refractivity contribution in [3.63, 3.8) is 0 Å². The Morgan fingerprint density at radius 2 is 1.79 bits per heavy atom. The molecule has 3 heteroatoms. The summed E-state index contributed by atoms with van der Waals surface area (Å²) in [6.45, 7) is 2.37. The maximum Gasteiger partial charge on any atom is 0.303 e. The second kappa shape index (κ2) is 7.63. The molecule has 24 heavy (non-hydrogen) atoms. The molecule has 2 atom stereocenters. The van der Waals surface area contributed by atoms with Crippen LogP contribution in [0.25, 0.3) is 0 Å². The number of nitrogens with one attached hydrogen (secondary N) is 1. The maximum atomic E-state index is 11.7. The predicted octanol–water partition coefficient (Wildman–Crippen LogP) is 3.83. The SMILES string of the molecule is CC(=O)OC1(c2ccccc2)CCNC(CCc2ccccc2)C1. The van der Waals surface area contributed by atoms with Crippen LogP contribution < -0.4 is 5.32 Å². The van der Waals surface area contributed by atoms with Gasteiger partial charge in [0.15, 0.2) is 0 Å². The zero-order chi connectivity index (χ0) is 16.8. The summed E-state index contributed by atoms with van der Waals surface area (Å²) in [6, 6.07) is 21.1. The van der Waals surface area contributed by atoms with Crippen molar-refractivity contribution in [1.82, 2.24) is 5.32 Å². The fourth-order valence-electron chi connectivity index (χ4n) is 3.67. The third kappa shape index (κ3) is 4.04. The Bertz CT molecular complexity index is 656. The van der Waals surface area contributed by atoms with Crippen LogP contribution >= 0.6 is 0 Å². The van der Waals surface area contributed by atoms with Gasteiger partial charge >= 0.3 is 5.97 Å². The Balaban J connectivity index is 1.74. The molecule has 1 N–H and O–H groups in total. The van der Waals surface area contributed by atoms with Gasteiger partial charge in [-0.05, 0) is 30.5 Å². The molecule has 3 nitrogen and oxygen atoms in total. The van der Waals surface area contributed by atoms with Gasteiger partial charge < -0.3 is 10.1 Å². The molecular formula is C21H25NO2. The van der Waals surface area contributed by atoms with Gasteiger partial charge in [-0.15, -0.1) is 0 Å². The second-order valence-electron chi connectivity index (χ2n) is 6.58. The Morgan fingerprint density at radius 1 is 1.12 bits per heavy atom. The topological polar surface area (TPSA) is 38.3 Å². The van der Waals surface area contributed by atoms with E-state index in [0.29, 0.717) is 6.04 Å². The number of piperidine rings is 1. The largest absolute Gasteiger partial charge is 0.454 e. The fraction of sp³-hybridized carbons (Fsp3) is 0.381. The summed E-state index contributed by atoms with van der Waals surface area (Å²) < 4.78 is 5.87. The Kier molecular flexibility index (Phi) is 5.31. The number of benzene rings is 2. The van der Waals surface area contributed by atoms with E-state index in [1.807, 2.05) is 24.3 Å². The highest BCUT2D eigenvalue weighted by atomic mass is 16.6. The lowest BCUT2D eigenvalue weighted by molar-refractivity contribution is -0.163. The van der Waals surface area contributed by atoms with Gasteiger partial charge in [-0.1, -0.05) is 60.7 Å². The molecule has 0 spiro atoms. The van der Waals surface area contributed by atoms with Crippen LogP contribution in [0.2, 0.25) is 0 Å². The first-order valence-corrected chi connectivity index (χ1v) is 8.70. The van der Waals surface area contributed by atoms with E-state index in [9.17, 15) is 4.79 Å². The molecule has 0 amide bonds. The van der Waals surface area contributed by atoms with Crippen LogP contribution in [0.5, 0.6) is 0 Å². The third-order valence-electron chi connectivity index (χ3n) is 4.80. The van der Waals surface area contributed by atoms with Gasteiger partial charge in [0, 0.05) is 25.8 Å². The van der Waals surface area contributed by atoms with Gasteiger partial charge in [0.05, 0.1) is 0 Å². The van der Waals surface area contributed by atoms with Crippen molar-refractivity contribution >= 4 is 5.97 Å². The predicted molar refractivity (Wildman–Crippen MR) is 95.7 cm³/mol. The first-order valence-electron chi connectivity index (χ1n) is 8.70. The highest BCUT2D eigenvalue weighted by Crippen LogP contribution is 2.37. The van der Waals surface area contributed by atoms with E-state index >= 15 is 0 Å². The molecular weight excluding hydrogens is 298 g/mol. The van der Waals surface area contributed by atoms with Crippen molar-refractivity contribution in [3.8, 4) is 0 Å². The van der Waals surface area contributed by atoms with E-state index in [-0.39, 0.29) is 5.97 Å². The molecule has 0 saturated carbocycles. The summed E-state index contributed by atoms with van der Waals surface area (Å²) in [5.74, 6) is -0.206. The normalized spacial score (nSPS) is 23.6. The number of rotatable bonds is 5. The van der Waals surface area contributed by atoms with Gasteiger partial charge in [-0.25, -0.2) is 0 Å². The molecule has 0 bridgehead atoms. The zero-order valence-corrected chi connectivity index (χ0v) is 14.2. The Labute approximate surface area is 144 Å². The highest BCUT2D eigenvalue weighted by molar-refractivity contribution is 5.67. The van der Waals surface area contributed by atoms with E-state index in [1.54, 1.807) is 0 Å². The van der Waals surface area contributed by atoms with Crippen molar-refractivity contribution in [2.45, 2.75) is 44.2 Å². The van der Waals surface area contributed by atoms with Gasteiger partial charge in [-0.2, -0.15) is 0 Å². The average Bonchev–Trinajstić information content (AvgIpc) is 2.61. The standard InChI is InChI=1S/C21H25NO2/c1-17(23)24-21(19-10-6-3-7-11-19)14-15-22-20(16-21)13-12-18-8-4-2-5-9-18/h2-11,20,22H,12-16H2,1H3. The van der Waals surface area contributed by atoms with Gasteiger partial charge in [-0.3, -0.25) is 4.79 Å². The zero-order valence-electron chi connectivity index (χ0n) is 14.2. The van der Waals surface area contributed by atoms with Crippen molar-refractivity contribution in [2.24, 2.45) is 0 Å². The summed E-state index contributed by atoms with van der Waals surface area (Å²) in [4.78, 5) is 11.7. The lowest BCUT2D eigenvalue weighted by Crippen LogP contribution is -2.48. The number of carbonyl (C=O) groups is 1. The minimum Gasteiger partial charge on any atom is -0.454 e. The maximum absolute atomic E-state index is 11.7. The first-order chi connectivity index (χ1) is 11.7. The number of hydrogen-bond donors (Lipinski definition) is 1. The van der Waals surface area contributed by atoms with E-state index in [4.69, 9.17) is 4.74 Å². The summed E-state index contributed by atoms with van der Waals surface area (Å²) >= 11 is 0. The molecule has 1 aliphatic heterocycles. The number of carbonyl (C=O) groups excluding carboxylic acids is 1. The van der Waals surface area contributed by atoms with E-state index < -0.39 is 5.60 Å². The Hall–Kier alpha value is -2.13. The van der Waals surface area contributed by atoms with Crippen LogP contribution in [-0.4, -0.2) is 18.6 Å². The Morgan fingerprint density at radius 3 is 2.46 bits per heavy atom. The summed E-state index contributed by atoms with van der Waals surface area (Å²) in [5, 5.41) is 3.60. The molecule has 1 saturated heterocycles. The van der Waals surface area contributed by atoms with Crippen molar-refractivity contribution < 1.29 is 9.53 Å². The third-order valence-corrected chi connectivity index (χ3v) is 4.80. The summed E-state index contributed by atoms with van der Waals surface area (Å²) in [6.07, 6.45) is 3.71. The van der Waals surface area contributed by atoms with E-state index in [2.05, 4.69) is 41.7 Å². The molecule has 0 aromatic heterocycles. The van der Waals surface area contributed by atoms with Crippen molar-refractivity contribution in [2.75, 3.05) is 6.54 Å². The van der Waals surface area contributed by atoms with E-state index in [0.717, 1.165) is 37.8 Å². The minimum absolute atomic E-state index is 0.206. The summed E-state index contributed by atoms with van der Waals surface area (Å²) in [5.41, 5.74) is 1.95. The molecule has 1 fully saturated rings. The summed E-state index contributed by atoms with van der Waals surface area (Å²) in [7, 11) is 0. The lowest BCUT2D eigenvalue weighted by Gasteiger charge is -2.41. The van der Waals surface area contributed by atoms with Crippen LogP contribution in [0.3, 0.4) is 0 Å². The molecule has 1 aliphatic rings. The van der Waals surface area contributed by atoms with Gasteiger partial charge in [0.1, 0.15) is 5.60 Å². The minimum atomic E-state index is -0.500. The second-order valence-corrected chi connectivity index (χ2v) is 6.58. The molecule has 2 aromatic rings. The van der Waals surface area contributed by atoms with Crippen LogP contribution in [0.15, 0.2) is 60.7 Å². The van der Waals surface area contributed by atoms with E-state index in [1.165, 1.54) is 12.5 Å².